The van der Waals surface area contributed by atoms with E-state index in [9.17, 15) is 19.6 Å². The lowest BCUT2D eigenvalue weighted by Crippen LogP contribution is -2.24. The van der Waals surface area contributed by atoms with Crippen LogP contribution in [0.1, 0.15) is 28.8 Å². The molecule has 7 nitrogen and oxygen atoms in total. The van der Waals surface area contributed by atoms with E-state index in [-0.39, 0.29) is 11.5 Å². The van der Waals surface area contributed by atoms with Crippen molar-refractivity contribution >= 4 is 35.1 Å². The Morgan fingerprint density at radius 2 is 1.94 bits per heavy atom. The number of ketones is 1. The highest BCUT2D eigenvalue weighted by Crippen LogP contribution is 2.22. The zero-order valence-electron chi connectivity index (χ0n) is 17.5. The number of benzene rings is 2. The zero-order valence-corrected chi connectivity index (χ0v) is 17.5. The lowest BCUT2D eigenvalue weighted by Gasteiger charge is -2.16. The number of carbonyl (C=O) groups excluding carboxylic acids is 3. The molecule has 0 spiro atoms. The summed E-state index contributed by atoms with van der Waals surface area (Å²) in [5.74, 6) is -1.24. The Balaban J connectivity index is 1.64. The third kappa shape index (κ3) is 5.37. The van der Waals surface area contributed by atoms with E-state index in [0.717, 1.165) is 12.1 Å². The molecule has 0 unspecified atom stereocenters. The van der Waals surface area contributed by atoms with Crippen molar-refractivity contribution in [3.63, 3.8) is 0 Å². The number of nitrogens with zero attached hydrogens (tertiary/aromatic N) is 3. The van der Waals surface area contributed by atoms with Crippen LogP contribution in [0.3, 0.4) is 0 Å². The molecule has 2 aromatic carbocycles. The van der Waals surface area contributed by atoms with Gasteiger partial charge in [-0.05, 0) is 42.3 Å². The Kier molecular flexibility index (Phi) is 6.83. The highest BCUT2D eigenvalue weighted by Gasteiger charge is 2.22. The molecule has 1 aliphatic rings. The van der Waals surface area contributed by atoms with Gasteiger partial charge in [0.1, 0.15) is 11.6 Å². The first-order valence-corrected chi connectivity index (χ1v) is 9.89. The van der Waals surface area contributed by atoms with E-state index in [4.69, 9.17) is 4.74 Å². The van der Waals surface area contributed by atoms with Gasteiger partial charge in [0.2, 0.25) is 5.91 Å². The molecule has 1 aliphatic heterocycles. The molecule has 0 aromatic heterocycles. The number of ether oxygens (including phenoxy) is 1. The van der Waals surface area contributed by atoms with E-state index < -0.39 is 18.4 Å². The molecule has 1 fully saturated rings. The van der Waals surface area contributed by atoms with E-state index >= 15 is 0 Å². The molecule has 31 heavy (non-hydrogen) atoms. The van der Waals surface area contributed by atoms with E-state index in [1.807, 2.05) is 37.2 Å². The van der Waals surface area contributed by atoms with E-state index in [1.165, 1.54) is 6.08 Å². The van der Waals surface area contributed by atoms with Crippen LogP contribution < -0.4 is 9.80 Å². The number of nitriles is 1. The SMILES string of the molecule is CN(C)c1ccc(/C=C(\C#N)C(=O)OCC(=O)c2cccc(N3CCCC3=O)c2)cc1. The average molecular weight is 417 g/mol. The molecule has 3 rings (SSSR count). The molecule has 0 atom stereocenters. The van der Waals surface area contributed by atoms with Crippen molar-refractivity contribution in [2.75, 3.05) is 37.0 Å². The molecule has 0 aliphatic carbocycles. The third-order valence-electron chi connectivity index (χ3n) is 4.95. The molecular formula is C24H23N3O4. The minimum absolute atomic E-state index is 0.0263. The normalized spacial score (nSPS) is 13.6. The number of hydrogen-bond donors (Lipinski definition) is 0. The van der Waals surface area contributed by atoms with Gasteiger partial charge < -0.3 is 14.5 Å². The summed E-state index contributed by atoms with van der Waals surface area (Å²) in [5, 5.41) is 9.32. The van der Waals surface area contributed by atoms with Crippen molar-refractivity contribution in [3.05, 3.63) is 65.2 Å². The van der Waals surface area contributed by atoms with Crippen molar-refractivity contribution in [1.29, 1.82) is 5.26 Å². The zero-order chi connectivity index (χ0) is 22.4. The second kappa shape index (κ2) is 9.72. The smallest absolute Gasteiger partial charge is 0.349 e. The summed E-state index contributed by atoms with van der Waals surface area (Å²) in [5.41, 5.74) is 2.46. The molecule has 0 N–H and O–H groups in total. The maximum Gasteiger partial charge on any atom is 0.349 e. The standard InChI is InChI=1S/C24H23N3O4/c1-26(2)20-10-8-17(9-11-20)13-19(15-25)24(30)31-16-22(28)18-5-3-6-21(14-18)27-12-4-7-23(27)29/h3,5-6,8-11,13-14H,4,7,12,16H2,1-2H3/b19-13+. The fourth-order valence-electron chi connectivity index (χ4n) is 3.23. The van der Waals surface area contributed by atoms with Gasteiger partial charge in [-0.25, -0.2) is 4.79 Å². The van der Waals surface area contributed by atoms with Crippen LogP contribution in [0.5, 0.6) is 0 Å². The molecule has 1 saturated heterocycles. The monoisotopic (exact) mass is 417 g/mol. The fourth-order valence-corrected chi connectivity index (χ4v) is 3.23. The predicted molar refractivity (Wildman–Crippen MR) is 118 cm³/mol. The number of hydrogen-bond acceptors (Lipinski definition) is 6. The maximum atomic E-state index is 12.5. The van der Waals surface area contributed by atoms with Gasteiger partial charge in [0.25, 0.3) is 0 Å². The van der Waals surface area contributed by atoms with Gasteiger partial charge >= 0.3 is 5.97 Å². The summed E-state index contributed by atoms with van der Waals surface area (Å²) >= 11 is 0. The molecule has 7 heteroatoms. The lowest BCUT2D eigenvalue weighted by molar-refractivity contribution is -0.137. The molecule has 2 aromatic rings. The van der Waals surface area contributed by atoms with E-state index in [1.54, 1.807) is 41.3 Å². The fraction of sp³-hybridized carbons (Fsp3) is 0.250. The summed E-state index contributed by atoms with van der Waals surface area (Å²) in [6.45, 7) is 0.131. The van der Waals surface area contributed by atoms with Crippen molar-refractivity contribution < 1.29 is 19.1 Å². The van der Waals surface area contributed by atoms with Gasteiger partial charge in [-0.15, -0.1) is 0 Å². The van der Waals surface area contributed by atoms with Gasteiger partial charge in [-0.1, -0.05) is 24.3 Å². The quantitative estimate of drug-likeness (QED) is 0.297. The van der Waals surface area contributed by atoms with Crippen LogP contribution >= 0.6 is 0 Å². The first-order chi connectivity index (χ1) is 14.9. The van der Waals surface area contributed by atoms with Crippen LogP contribution in [0, 0.1) is 11.3 Å². The first kappa shape index (κ1) is 21.8. The van der Waals surface area contributed by atoms with Crippen molar-refractivity contribution in [1.82, 2.24) is 0 Å². The number of anilines is 2. The Morgan fingerprint density at radius 3 is 2.55 bits per heavy atom. The number of carbonyl (C=O) groups is 3. The summed E-state index contributed by atoms with van der Waals surface area (Å²) in [4.78, 5) is 40.3. The second-order valence-electron chi connectivity index (χ2n) is 7.35. The highest BCUT2D eigenvalue weighted by molar-refractivity contribution is 6.03. The van der Waals surface area contributed by atoms with Crippen LogP contribution in [0.2, 0.25) is 0 Å². The Bertz CT molecular complexity index is 1060. The number of rotatable bonds is 7. The lowest BCUT2D eigenvalue weighted by atomic mass is 10.1. The van der Waals surface area contributed by atoms with Gasteiger partial charge in [0.15, 0.2) is 12.4 Å². The number of esters is 1. The predicted octanol–water partition coefficient (Wildman–Crippen LogP) is 3.21. The second-order valence-corrected chi connectivity index (χ2v) is 7.35. The average Bonchev–Trinajstić information content (AvgIpc) is 3.21. The largest absolute Gasteiger partial charge is 0.453 e. The molecule has 158 valence electrons. The third-order valence-corrected chi connectivity index (χ3v) is 4.95. The number of Topliss-reactive ketones (excluding diaryl/α,β-unsaturated/α-hetero) is 1. The summed E-state index contributed by atoms with van der Waals surface area (Å²) in [6.07, 6.45) is 2.71. The molecule has 0 bridgehead atoms. The van der Waals surface area contributed by atoms with Gasteiger partial charge in [-0.3, -0.25) is 9.59 Å². The van der Waals surface area contributed by atoms with Crippen molar-refractivity contribution in [2.24, 2.45) is 0 Å². The highest BCUT2D eigenvalue weighted by atomic mass is 16.5. The number of amides is 1. The van der Waals surface area contributed by atoms with Crippen LogP contribution in [-0.4, -0.2) is 44.9 Å². The topological polar surface area (TPSA) is 90.7 Å². The van der Waals surface area contributed by atoms with E-state index in [0.29, 0.717) is 29.8 Å². The Labute approximate surface area is 181 Å². The Hall–Kier alpha value is -3.92. The molecular weight excluding hydrogens is 394 g/mol. The van der Waals surface area contributed by atoms with Crippen LogP contribution in [0.25, 0.3) is 6.08 Å². The maximum absolute atomic E-state index is 12.5. The van der Waals surface area contributed by atoms with Crippen LogP contribution in [0.15, 0.2) is 54.1 Å². The summed E-state index contributed by atoms with van der Waals surface area (Å²) < 4.78 is 5.06. The van der Waals surface area contributed by atoms with Crippen molar-refractivity contribution in [3.8, 4) is 6.07 Å². The first-order valence-electron chi connectivity index (χ1n) is 9.89. The Morgan fingerprint density at radius 1 is 1.19 bits per heavy atom. The van der Waals surface area contributed by atoms with Gasteiger partial charge in [-0.2, -0.15) is 5.26 Å². The molecule has 0 saturated carbocycles. The van der Waals surface area contributed by atoms with Gasteiger partial charge in [0.05, 0.1) is 0 Å². The molecule has 1 heterocycles. The van der Waals surface area contributed by atoms with Crippen LogP contribution in [-0.2, 0) is 14.3 Å². The van der Waals surface area contributed by atoms with Crippen molar-refractivity contribution in [2.45, 2.75) is 12.8 Å². The minimum Gasteiger partial charge on any atom is -0.453 e. The summed E-state index contributed by atoms with van der Waals surface area (Å²) in [7, 11) is 3.83. The molecule has 1 amide bonds. The van der Waals surface area contributed by atoms with E-state index in [2.05, 4.69) is 0 Å². The minimum atomic E-state index is -0.863. The van der Waals surface area contributed by atoms with Gasteiger partial charge in [0, 0.05) is 44.0 Å². The molecule has 0 radical (unpaired) electrons. The summed E-state index contributed by atoms with van der Waals surface area (Å²) in [6, 6.07) is 15.8. The van der Waals surface area contributed by atoms with Crippen LogP contribution in [0.4, 0.5) is 11.4 Å².